The molecule has 0 aliphatic carbocycles. The van der Waals surface area contributed by atoms with Crippen LogP contribution in [0.25, 0.3) is 10.9 Å². The topological polar surface area (TPSA) is 77.2 Å². The van der Waals surface area contributed by atoms with Crippen LogP contribution < -0.4 is 10.1 Å². The maximum Gasteiger partial charge on any atom is 0.241 e. The molecule has 1 aliphatic heterocycles. The summed E-state index contributed by atoms with van der Waals surface area (Å²) in [5, 5.41) is 12.5. The smallest absolute Gasteiger partial charge is 0.241 e. The second-order valence-electron chi connectivity index (χ2n) is 8.11. The Morgan fingerprint density at radius 2 is 1.91 bits per heavy atom. The van der Waals surface area contributed by atoms with E-state index >= 15 is 0 Å². The fourth-order valence-electron chi connectivity index (χ4n) is 4.18. The zero-order valence-electron chi connectivity index (χ0n) is 18.1. The van der Waals surface area contributed by atoms with Crippen LogP contribution in [0.3, 0.4) is 0 Å². The van der Waals surface area contributed by atoms with Crippen molar-refractivity contribution in [3.05, 3.63) is 77.7 Å². The predicted molar refractivity (Wildman–Crippen MR) is 121 cm³/mol. The summed E-state index contributed by atoms with van der Waals surface area (Å²) in [6, 6.07) is 18.7. The normalized spacial score (nSPS) is 15.6. The first-order valence-corrected chi connectivity index (χ1v) is 10.8. The Morgan fingerprint density at radius 1 is 1.06 bits per heavy atom. The van der Waals surface area contributed by atoms with E-state index < -0.39 is 0 Å². The highest BCUT2D eigenvalue weighted by Gasteiger charge is 2.17. The first-order valence-electron chi connectivity index (χ1n) is 10.8. The summed E-state index contributed by atoms with van der Waals surface area (Å²) in [6.45, 7) is 3.05. The minimum Gasteiger partial charge on any atom is -0.491 e. The number of aromatic nitrogens is 4. The number of benzene rings is 2. The van der Waals surface area contributed by atoms with Crippen LogP contribution in [-0.2, 0) is 38.0 Å². The van der Waals surface area contributed by atoms with Gasteiger partial charge in [-0.3, -0.25) is 9.69 Å². The van der Waals surface area contributed by atoms with Gasteiger partial charge in [0, 0.05) is 43.5 Å². The van der Waals surface area contributed by atoms with E-state index in [2.05, 4.69) is 68.5 Å². The Hall–Kier alpha value is -3.65. The number of ether oxygens (including phenoxy) is 1. The number of hydrogen-bond acceptors (Lipinski definition) is 5. The maximum atomic E-state index is 12.2. The predicted octanol–water partition coefficient (Wildman–Crippen LogP) is 2.48. The highest BCUT2D eigenvalue weighted by atomic mass is 16.5. The Labute approximate surface area is 186 Å². The Kier molecular flexibility index (Phi) is 5.60. The van der Waals surface area contributed by atoms with Gasteiger partial charge in [-0.05, 0) is 23.6 Å². The minimum atomic E-state index is -0.109. The maximum absolute atomic E-state index is 12.2. The molecule has 0 saturated heterocycles. The van der Waals surface area contributed by atoms with Crippen molar-refractivity contribution < 1.29 is 9.53 Å². The number of rotatable bonds is 2. The van der Waals surface area contributed by atoms with E-state index in [1.807, 2.05) is 24.4 Å². The number of nitrogens with one attached hydrogen (secondary N) is 1. The molecule has 2 aromatic heterocycles. The molecule has 0 saturated carbocycles. The van der Waals surface area contributed by atoms with E-state index in [0.29, 0.717) is 26.2 Å². The molecule has 2 aromatic carbocycles. The van der Waals surface area contributed by atoms with Crippen LogP contribution in [0.2, 0.25) is 0 Å². The van der Waals surface area contributed by atoms with Crippen LogP contribution in [-0.4, -0.2) is 43.5 Å². The summed E-state index contributed by atoms with van der Waals surface area (Å²) in [7, 11) is 2.10. The van der Waals surface area contributed by atoms with Gasteiger partial charge in [-0.1, -0.05) is 41.6 Å². The Morgan fingerprint density at radius 3 is 2.81 bits per heavy atom. The van der Waals surface area contributed by atoms with E-state index in [1.165, 1.54) is 16.6 Å². The summed E-state index contributed by atoms with van der Waals surface area (Å²) in [4.78, 5) is 14.5. The molecule has 0 fully saturated rings. The van der Waals surface area contributed by atoms with Crippen LogP contribution in [0.5, 0.6) is 5.75 Å². The highest BCUT2D eigenvalue weighted by Crippen LogP contribution is 2.24. The summed E-state index contributed by atoms with van der Waals surface area (Å²) < 4.78 is 9.82. The first kappa shape index (κ1) is 20.3. The second kappa shape index (κ2) is 8.84. The average Bonchev–Trinajstić information content (AvgIpc) is 3.35. The molecule has 8 nitrogen and oxygen atoms in total. The lowest BCUT2D eigenvalue weighted by atomic mass is 10.1. The third kappa shape index (κ3) is 4.36. The molecule has 2 bridgehead atoms. The van der Waals surface area contributed by atoms with Gasteiger partial charge in [-0.25, -0.2) is 4.68 Å². The van der Waals surface area contributed by atoms with Crippen molar-refractivity contribution in [2.24, 2.45) is 7.05 Å². The number of carbonyl (C=O) groups is 1. The van der Waals surface area contributed by atoms with Crippen molar-refractivity contribution >= 4 is 16.8 Å². The largest absolute Gasteiger partial charge is 0.491 e. The summed E-state index contributed by atoms with van der Waals surface area (Å²) >= 11 is 0. The number of aryl methyl sites for hydroxylation is 1. The fraction of sp³-hybridized carbons (Fsp3) is 0.292. The molecule has 0 unspecified atom stereocenters. The average molecular weight is 431 g/mol. The molecule has 164 valence electrons. The van der Waals surface area contributed by atoms with Crippen molar-refractivity contribution in [2.45, 2.75) is 26.2 Å². The van der Waals surface area contributed by atoms with Gasteiger partial charge in [0.15, 0.2) is 0 Å². The molecule has 32 heavy (non-hydrogen) atoms. The molecule has 1 N–H and O–H groups in total. The Balaban J connectivity index is 1.48. The lowest BCUT2D eigenvalue weighted by Crippen LogP contribution is -2.31. The van der Waals surface area contributed by atoms with Crippen molar-refractivity contribution in [3.8, 4) is 5.75 Å². The van der Waals surface area contributed by atoms with Gasteiger partial charge in [0.05, 0.1) is 18.4 Å². The monoisotopic (exact) mass is 430 g/mol. The summed E-state index contributed by atoms with van der Waals surface area (Å²) in [6.07, 6.45) is 1.85. The van der Waals surface area contributed by atoms with Gasteiger partial charge in [0.2, 0.25) is 5.91 Å². The molecule has 4 aromatic rings. The summed E-state index contributed by atoms with van der Waals surface area (Å²) in [5.41, 5.74) is 4.36. The number of amides is 1. The van der Waals surface area contributed by atoms with E-state index in [0.717, 1.165) is 23.6 Å². The zero-order chi connectivity index (χ0) is 21.9. The van der Waals surface area contributed by atoms with Gasteiger partial charge in [-0.2, -0.15) is 0 Å². The second-order valence-corrected chi connectivity index (χ2v) is 8.11. The number of hydrogen-bond donors (Lipinski definition) is 1. The van der Waals surface area contributed by atoms with Crippen molar-refractivity contribution in [2.75, 3.05) is 13.2 Å². The first-order chi connectivity index (χ1) is 15.7. The van der Waals surface area contributed by atoms with E-state index in [1.54, 1.807) is 4.68 Å². The third-order valence-corrected chi connectivity index (χ3v) is 5.76. The molecular weight excluding hydrogens is 404 g/mol. The van der Waals surface area contributed by atoms with Gasteiger partial charge >= 0.3 is 0 Å². The number of fused-ring (bicyclic) bond motifs is 4. The number of nitrogens with zero attached hydrogens (tertiary/aromatic N) is 5. The SMILES string of the molecule is Cn1c(CN2Cc3cn(nn3)CC(=O)NCCOc3ccccc3C2)cc2ccccc21. The lowest BCUT2D eigenvalue weighted by molar-refractivity contribution is -0.121. The number of carbonyl (C=O) groups excluding carboxylic acids is 1. The van der Waals surface area contributed by atoms with Gasteiger partial charge < -0.3 is 14.6 Å². The molecule has 0 spiro atoms. The van der Waals surface area contributed by atoms with Crippen LogP contribution in [0.4, 0.5) is 0 Å². The molecule has 1 amide bonds. The Bertz CT molecular complexity index is 1240. The van der Waals surface area contributed by atoms with Crippen LogP contribution in [0.15, 0.2) is 60.8 Å². The summed E-state index contributed by atoms with van der Waals surface area (Å²) in [5.74, 6) is 0.729. The molecular formula is C24H26N6O2. The molecule has 8 heteroatoms. The molecule has 5 rings (SSSR count). The lowest BCUT2D eigenvalue weighted by Gasteiger charge is -2.23. The third-order valence-electron chi connectivity index (χ3n) is 5.76. The minimum absolute atomic E-state index is 0.109. The standard InChI is InChI=1S/C24H26N6O2/c1-28-21(12-18-6-2-4-8-22(18)28)16-29-13-19-7-3-5-9-23(19)32-11-10-25-24(31)17-30-15-20(14-29)26-27-30/h2-9,12,15H,10-11,13-14,16-17H2,1H3,(H,25,31). The van der Waals surface area contributed by atoms with Crippen molar-refractivity contribution in [1.82, 2.24) is 29.8 Å². The molecule has 3 heterocycles. The fourth-order valence-corrected chi connectivity index (χ4v) is 4.18. The zero-order valence-corrected chi connectivity index (χ0v) is 18.1. The van der Waals surface area contributed by atoms with Gasteiger partial charge in [-0.15, -0.1) is 5.10 Å². The van der Waals surface area contributed by atoms with Crippen LogP contribution in [0.1, 0.15) is 17.0 Å². The van der Waals surface area contributed by atoms with Crippen molar-refractivity contribution in [1.29, 1.82) is 0 Å². The quantitative estimate of drug-likeness (QED) is 0.529. The van der Waals surface area contributed by atoms with Crippen LogP contribution >= 0.6 is 0 Å². The van der Waals surface area contributed by atoms with Gasteiger partial charge in [0.1, 0.15) is 18.9 Å². The van der Waals surface area contributed by atoms with Crippen molar-refractivity contribution in [3.63, 3.8) is 0 Å². The van der Waals surface area contributed by atoms with E-state index in [9.17, 15) is 4.79 Å². The van der Waals surface area contributed by atoms with Gasteiger partial charge in [0.25, 0.3) is 0 Å². The molecule has 0 radical (unpaired) electrons. The number of para-hydroxylation sites is 2. The van der Waals surface area contributed by atoms with E-state index in [4.69, 9.17) is 4.74 Å². The van der Waals surface area contributed by atoms with E-state index in [-0.39, 0.29) is 12.5 Å². The molecule has 0 atom stereocenters. The molecule has 1 aliphatic rings. The van der Waals surface area contributed by atoms with Crippen LogP contribution in [0, 0.1) is 0 Å². The highest BCUT2D eigenvalue weighted by molar-refractivity contribution is 5.81.